The van der Waals surface area contributed by atoms with Crippen LogP contribution < -0.4 is 19.9 Å². The summed E-state index contributed by atoms with van der Waals surface area (Å²) in [5, 5.41) is 0.605. The summed E-state index contributed by atoms with van der Waals surface area (Å²) in [4.78, 5) is 0. The molecule has 0 saturated carbocycles. The molecule has 0 atom stereocenters. The van der Waals surface area contributed by atoms with Crippen molar-refractivity contribution >= 4 is 11.6 Å². The van der Waals surface area contributed by atoms with Crippen molar-refractivity contribution in [2.24, 2.45) is 5.73 Å². The molecule has 0 aliphatic carbocycles. The summed E-state index contributed by atoms with van der Waals surface area (Å²) in [5.41, 5.74) is 6.57. The summed E-state index contributed by atoms with van der Waals surface area (Å²) in [6, 6.07) is 10.8. The minimum atomic E-state index is 0.240. The lowest BCUT2D eigenvalue weighted by Gasteiger charge is -2.10. The fourth-order valence-corrected chi connectivity index (χ4v) is 2.02. The Balaban J connectivity index is 1.90. The number of rotatable bonds is 3. The van der Waals surface area contributed by atoms with Crippen LogP contribution in [0.1, 0.15) is 5.56 Å². The zero-order valence-corrected chi connectivity index (χ0v) is 10.8. The van der Waals surface area contributed by atoms with E-state index in [0.29, 0.717) is 28.8 Å². The van der Waals surface area contributed by atoms with Gasteiger partial charge in [-0.25, -0.2) is 0 Å². The van der Waals surface area contributed by atoms with E-state index < -0.39 is 0 Å². The number of ether oxygens (including phenoxy) is 3. The van der Waals surface area contributed by atoms with Gasteiger partial charge < -0.3 is 19.9 Å². The first kappa shape index (κ1) is 12.1. The third kappa shape index (κ3) is 2.45. The molecule has 1 aliphatic heterocycles. The van der Waals surface area contributed by atoms with Gasteiger partial charge in [-0.05, 0) is 24.3 Å². The fourth-order valence-electron chi connectivity index (χ4n) is 1.86. The zero-order valence-electron chi connectivity index (χ0n) is 10.1. The van der Waals surface area contributed by atoms with Crippen molar-refractivity contribution in [3.05, 3.63) is 47.0 Å². The minimum Gasteiger partial charge on any atom is -0.457 e. The van der Waals surface area contributed by atoms with Crippen molar-refractivity contribution in [3.8, 4) is 23.0 Å². The molecular weight excluding hydrogens is 266 g/mol. The van der Waals surface area contributed by atoms with Gasteiger partial charge in [-0.15, -0.1) is 0 Å². The number of fused-ring (bicyclic) bond motifs is 1. The number of hydrogen-bond donors (Lipinski definition) is 1. The summed E-state index contributed by atoms with van der Waals surface area (Å²) < 4.78 is 16.4. The Bertz CT molecular complexity index is 616. The van der Waals surface area contributed by atoms with Crippen LogP contribution in [0.4, 0.5) is 0 Å². The molecule has 2 aromatic carbocycles. The van der Waals surface area contributed by atoms with Gasteiger partial charge >= 0.3 is 0 Å². The first-order chi connectivity index (χ1) is 9.26. The van der Waals surface area contributed by atoms with Crippen LogP contribution in [0.2, 0.25) is 5.02 Å². The van der Waals surface area contributed by atoms with Crippen LogP contribution in [-0.4, -0.2) is 6.79 Å². The minimum absolute atomic E-state index is 0.240. The summed E-state index contributed by atoms with van der Waals surface area (Å²) >= 11 is 5.97. The molecule has 0 spiro atoms. The van der Waals surface area contributed by atoms with Gasteiger partial charge in [-0.2, -0.15) is 0 Å². The molecule has 0 fully saturated rings. The van der Waals surface area contributed by atoms with Crippen molar-refractivity contribution in [2.45, 2.75) is 6.54 Å². The van der Waals surface area contributed by atoms with E-state index in [1.54, 1.807) is 18.2 Å². The van der Waals surface area contributed by atoms with Crippen LogP contribution >= 0.6 is 11.6 Å². The Hall–Kier alpha value is -1.91. The average Bonchev–Trinajstić information content (AvgIpc) is 2.86. The molecule has 0 aromatic heterocycles. The molecule has 1 aliphatic rings. The second kappa shape index (κ2) is 4.99. The van der Waals surface area contributed by atoms with Gasteiger partial charge in [0.25, 0.3) is 0 Å². The lowest BCUT2D eigenvalue weighted by atomic mass is 10.2. The van der Waals surface area contributed by atoms with Crippen molar-refractivity contribution in [1.82, 2.24) is 0 Å². The number of nitrogens with two attached hydrogens (primary N) is 1. The Kier molecular flexibility index (Phi) is 3.19. The maximum absolute atomic E-state index is 5.97. The van der Waals surface area contributed by atoms with Gasteiger partial charge in [0.2, 0.25) is 6.79 Å². The van der Waals surface area contributed by atoms with Crippen LogP contribution in [0.15, 0.2) is 36.4 Å². The van der Waals surface area contributed by atoms with E-state index in [1.807, 2.05) is 18.2 Å². The first-order valence-corrected chi connectivity index (χ1v) is 6.20. The van der Waals surface area contributed by atoms with E-state index in [2.05, 4.69) is 0 Å². The van der Waals surface area contributed by atoms with E-state index in [0.717, 1.165) is 11.3 Å². The third-order valence-corrected chi connectivity index (χ3v) is 3.06. The average molecular weight is 278 g/mol. The molecule has 2 N–H and O–H groups in total. The molecule has 0 saturated heterocycles. The fraction of sp³-hybridized carbons (Fsp3) is 0.143. The monoisotopic (exact) mass is 277 g/mol. The summed E-state index contributed by atoms with van der Waals surface area (Å²) in [5.74, 6) is 2.70. The third-order valence-electron chi connectivity index (χ3n) is 2.82. The van der Waals surface area contributed by atoms with Gasteiger partial charge in [0.05, 0.1) is 0 Å². The maximum Gasteiger partial charge on any atom is 0.231 e. The van der Waals surface area contributed by atoms with Crippen molar-refractivity contribution < 1.29 is 14.2 Å². The second-order valence-electron chi connectivity index (χ2n) is 4.07. The number of halogens is 1. The summed E-state index contributed by atoms with van der Waals surface area (Å²) in [6.45, 7) is 0.626. The largest absolute Gasteiger partial charge is 0.457 e. The van der Waals surface area contributed by atoms with Gasteiger partial charge in [-0.3, -0.25) is 0 Å². The van der Waals surface area contributed by atoms with Crippen LogP contribution in [0.5, 0.6) is 23.0 Å². The van der Waals surface area contributed by atoms with E-state index in [1.165, 1.54) is 0 Å². The summed E-state index contributed by atoms with van der Waals surface area (Å²) in [7, 11) is 0. The van der Waals surface area contributed by atoms with E-state index in [4.69, 9.17) is 31.5 Å². The lowest BCUT2D eigenvalue weighted by Crippen LogP contribution is -1.99. The zero-order chi connectivity index (χ0) is 13.2. The van der Waals surface area contributed by atoms with Gasteiger partial charge in [0.1, 0.15) is 11.5 Å². The number of hydrogen-bond acceptors (Lipinski definition) is 4. The van der Waals surface area contributed by atoms with E-state index in [9.17, 15) is 0 Å². The molecule has 4 nitrogen and oxygen atoms in total. The SMILES string of the molecule is NCc1ccc(Cl)cc1Oc1ccc2c(c1)OCO2. The van der Waals surface area contributed by atoms with Crippen molar-refractivity contribution in [1.29, 1.82) is 0 Å². The van der Waals surface area contributed by atoms with Crippen molar-refractivity contribution in [3.63, 3.8) is 0 Å². The first-order valence-electron chi connectivity index (χ1n) is 5.82. The second-order valence-corrected chi connectivity index (χ2v) is 4.51. The lowest BCUT2D eigenvalue weighted by molar-refractivity contribution is 0.174. The predicted octanol–water partition coefficient (Wildman–Crippen LogP) is 3.32. The predicted molar refractivity (Wildman–Crippen MR) is 72.0 cm³/mol. The molecule has 98 valence electrons. The highest BCUT2D eigenvalue weighted by Crippen LogP contribution is 2.37. The molecule has 3 rings (SSSR count). The smallest absolute Gasteiger partial charge is 0.231 e. The topological polar surface area (TPSA) is 53.7 Å². The molecule has 1 heterocycles. The Morgan fingerprint density at radius 3 is 2.79 bits per heavy atom. The Morgan fingerprint density at radius 1 is 1.11 bits per heavy atom. The quantitative estimate of drug-likeness (QED) is 0.935. The molecule has 19 heavy (non-hydrogen) atoms. The molecule has 2 aromatic rings. The van der Waals surface area contributed by atoms with Crippen molar-refractivity contribution in [2.75, 3.05) is 6.79 Å². The molecule has 0 radical (unpaired) electrons. The van der Waals surface area contributed by atoms with Gasteiger partial charge in [0.15, 0.2) is 11.5 Å². The maximum atomic E-state index is 5.97. The van der Waals surface area contributed by atoms with Crippen LogP contribution in [0.25, 0.3) is 0 Å². The van der Waals surface area contributed by atoms with Crippen LogP contribution in [0.3, 0.4) is 0 Å². The Labute approximate surface area is 115 Å². The van der Waals surface area contributed by atoms with Crippen LogP contribution in [0, 0.1) is 0 Å². The highest BCUT2D eigenvalue weighted by atomic mass is 35.5. The highest BCUT2D eigenvalue weighted by Gasteiger charge is 2.14. The summed E-state index contributed by atoms with van der Waals surface area (Å²) in [6.07, 6.45) is 0. The molecular formula is C14H12ClNO3. The van der Waals surface area contributed by atoms with Gasteiger partial charge in [-0.1, -0.05) is 17.7 Å². The molecule has 0 amide bonds. The molecule has 5 heteroatoms. The van der Waals surface area contributed by atoms with Crippen LogP contribution in [-0.2, 0) is 6.54 Å². The highest BCUT2D eigenvalue weighted by molar-refractivity contribution is 6.30. The Morgan fingerprint density at radius 2 is 1.95 bits per heavy atom. The standard InChI is InChI=1S/C14H12ClNO3/c15-10-2-1-9(7-16)13(5-10)19-11-3-4-12-14(6-11)18-8-17-12/h1-6H,7-8,16H2. The molecule has 0 bridgehead atoms. The van der Waals surface area contributed by atoms with Gasteiger partial charge in [0, 0.05) is 23.2 Å². The number of benzene rings is 2. The van der Waals surface area contributed by atoms with E-state index >= 15 is 0 Å². The molecule has 0 unspecified atom stereocenters. The van der Waals surface area contributed by atoms with E-state index in [-0.39, 0.29) is 6.79 Å². The normalized spacial score (nSPS) is 12.5.